The van der Waals surface area contributed by atoms with Gasteiger partial charge in [-0.2, -0.15) is 0 Å². The summed E-state index contributed by atoms with van der Waals surface area (Å²) in [5.74, 6) is -3.16. The number of benzene rings is 1. The number of carbonyl (C=O) groups excluding carboxylic acids is 4. The Labute approximate surface area is 218 Å². The average molecular weight is 525 g/mol. The van der Waals surface area contributed by atoms with Crippen LogP contribution in [0.4, 0.5) is 10.5 Å². The molecule has 0 spiro atoms. The van der Waals surface area contributed by atoms with E-state index in [0.717, 1.165) is 0 Å². The monoisotopic (exact) mass is 524 g/mol. The van der Waals surface area contributed by atoms with Crippen molar-refractivity contribution in [2.75, 3.05) is 33.3 Å². The molecule has 0 saturated carbocycles. The zero-order valence-corrected chi connectivity index (χ0v) is 23.0. The molecular weight excluding hydrogens is 484 g/mol. The predicted molar refractivity (Wildman–Crippen MR) is 136 cm³/mol. The minimum absolute atomic E-state index is 0.0835. The van der Waals surface area contributed by atoms with Crippen LogP contribution in [-0.2, 0) is 39.8 Å². The highest BCUT2D eigenvalue weighted by molar-refractivity contribution is 5.99. The first-order valence-corrected chi connectivity index (χ1v) is 11.9. The summed E-state index contributed by atoms with van der Waals surface area (Å²) in [6, 6.07) is 4.46. The Bertz CT molecular complexity index is 934. The lowest BCUT2D eigenvalue weighted by Gasteiger charge is -2.28. The van der Waals surface area contributed by atoms with E-state index >= 15 is 0 Å². The highest BCUT2D eigenvalue weighted by Crippen LogP contribution is 2.24. The van der Waals surface area contributed by atoms with Crippen molar-refractivity contribution < 1.29 is 42.9 Å². The fraction of sp³-hybridized carbons (Fsp3) is 0.615. The summed E-state index contributed by atoms with van der Waals surface area (Å²) in [5, 5.41) is 5.30. The summed E-state index contributed by atoms with van der Waals surface area (Å²) in [7, 11) is 4.08. The molecule has 0 aliphatic rings. The third-order valence-electron chi connectivity index (χ3n) is 5.26. The molecule has 11 heteroatoms. The normalized spacial score (nSPS) is 12.0. The van der Waals surface area contributed by atoms with Crippen LogP contribution < -0.4 is 10.6 Å². The summed E-state index contributed by atoms with van der Waals surface area (Å²) in [4.78, 5) is 49.2. The summed E-state index contributed by atoms with van der Waals surface area (Å²) in [6.45, 7) is 9.28. The van der Waals surface area contributed by atoms with Gasteiger partial charge in [-0.05, 0) is 71.2 Å². The summed E-state index contributed by atoms with van der Waals surface area (Å²) >= 11 is 0. The quantitative estimate of drug-likeness (QED) is 0.162. The molecule has 0 heterocycles. The molecule has 1 rings (SSSR count). The number of rotatable bonds is 14. The van der Waals surface area contributed by atoms with Gasteiger partial charge in [-0.25, -0.2) is 9.59 Å². The van der Waals surface area contributed by atoms with Gasteiger partial charge in [0.05, 0.1) is 12.0 Å². The molecule has 0 saturated heterocycles. The molecule has 0 radical (unpaired) electrons. The Morgan fingerprint density at radius 1 is 0.973 bits per heavy atom. The molecule has 11 nitrogen and oxygen atoms in total. The van der Waals surface area contributed by atoms with Crippen molar-refractivity contribution in [3.05, 3.63) is 29.3 Å². The van der Waals surface area contributed by atoms with Crippen molar-refractivity contribution in [3.63, 3.8) is 0 Å². The number of carbonyl (C=O) groups is 4. The van der Waals surface area contributed by atoms with E-state index in [9.17, 15) is 19.2 Å². The van der Waals surface area contributed by atoms with E-state index in [-0.39, 0.29) is 24.2 Å². The second-order valence-corrected chi connectivity index (χ2v) is 9.96. The number of ether oxygens (including phenoxy) is 5. The van der Waals surface area contributed by atoms with Crippen LogP contribution >= 0.6 is 0 Å². The number of hydrogen-bond donors (Lipinski definition) is 2. The van der Waals surface area contributed by atoms with Crippen molar-refractivity contribution in [3.8, 4) is 0 Å². The van der Waals surface area contributed by atoms with Gasteiger partial charge in [0.1, 0.15) is 17.5 Å². The fourth-order valence-electron chi connectivity index (χ4n) is 3.33. The zero-order valence-electron chi connectivity index (χ0n) is 23.0. The topological polar surface area (TPSA) is 138 Å². The Morgan fingerprint density at radius 3 is 2.16 bits per heavy atom. The third-order valence-corrected chi connectivity index (χ3v) is 5.26. The molecule has 2 amide bonds. The first-order chi connectivity index (χ1) is 17.2. The van der Waals surface area contributed by atoms with Crippen molar-refractivity contribution in [2.45, 2.75) is 77.4 Å². The van der Waals surface area contributed by atoms with E-state index < -0.39 is 35.0 Å². The SMILES string of the molecule is COCCCC(C)(C)OC(=O)NCc1cc(C(=O)OC(C)(C)C)ccc1NC(=O)C(CC=O)(OC)OC. The molecule has 0 unspecified atom stereocenters. The molecule has 2 N–H and O–H groups in total. The number of hydrogen-bond acceptors (Lipinski definition) is 9. The minimum atomic E-state index is -1.85. The average Bonchev–Trinajstić information content (AvgIpc) is 2.80. The van der Waals surface area contributed by atoms with Crippen LogP contribution in [0.5, 0.6) is 0 Å². The van der Waals surface area contributed by atoms with Crippen LogP contribution in [0.3, 0.4) is 0 Å². The first-order valence-electron chi connectivity index (χ1n) is 11.9. The first kappa shape index (κ1) is 32.0. The zero-order chi connectivity index (χ0) is 28.3. The molecule has 0 atom stereocenters. The van der Waals surface area contributed by atoms with E-state index in [1.807, 2.05) is 0 Å². The maximum Gasteiger partial charge on any atom is 0.407 e. The number of amides is 2. The summed E-state index contributed by atoms with van der Waals surface area (Å²) in [6.07, 6.45) is 0.792. The highest BCUT2D eigenvalue weighted by atomic mass is 16.7. The maximum atomic E-state index is 13.0. The highest BCUT2D eigenvalue weighted by Gasteiger charge is 2.39. The van der Waals surface area contributed by atoms with Gasteiger partial charge < -0.3 is 39.1 Å². The van der Waals surface area contributed by atoms with Crippen molar-refractivity contribution >= 4 is 29.9 Å². The predicted octanol–water partition coefficient (Wildman–Crippen LogP) is 3.59. The number of methoxy groups -OCH3 is 3. The number of nitrogens with one attached hydrogen (secondary N) is 2. The Morgan fingerprint density at radius 2 is 1.62 bits per heavy atom. The maximum absolute atomic E-state index is 13.0. The van der Waals surface area contributed by atoms with Crippen LogP contribution in [0.25, 0.3) is 0 Å². The van der Waals surface area contributed by atoms with E-state index in [1.54, 1.807) is 41.7 Å². The largest absolute Gasteiger partial charge is 0.456 e. The van der Waals surface area contributed by atoms with E-state index in [4.69, 9.17) is 23.7 Å². The molecule has 1 aromatic carbocycles. The Hall–Kier alpha value is -3.02. The molecule has 0 aliphatic heterocycles. The second kappa shape index (κ2) is 14.1. The molecule has 37 heavy (non-hydrogen) atoms. The van der Waals surface area contributed by atoms with Crippen molar-refractivity contribution in [1.82, 2.24) is 5.32 Å². The molecule has 208 valence electrons. The van der Waals surface area contributed by atoms with Crippen molar-refractivity contribution in [1.29, 1.82) is 0 Å². The van der Waals surface area contributed by atoms with Gasteiger partial charge >= 0.3 is 12.1 Å². The third kappa shape index (κ3) is 10.5. The van der Waals surface area contributed by atoms with Gasteiger partial charge in [0.15, 0.2) is 0 Å². The number of anilines is 1. The Kier molecular flexibility index (Phi) is 12.2. The van der Waals surface area contributed by atoms with E-state index in [0.29, 0.717) is 31.3 Å². The summed E-state index contributed by atoms with van der Waals surface area (Å²) < 4.78 is 26.3. The van der Waals surface area contributed by atoms with Crippen molar-refractivity contribution in [2.24, 2.45) is 0 Å². The standard InChI is InChI=1S/C26H40N2O9/c1-24(2,3)36-21(30)18-10-11-20(28-22(31)26(34-7,35-8)13-14-29)19(16-18)17-27-23(32)37-25(4,5)12-9-15-33-6/h10-11,14,16H,9,12-13,15,17H2,1-8H3,(H,27,32)(H,28,31). The summed E-state index contributed by atoms with van der Waals surface area (Å²) in [5.41, 5.74) is -0.579. The molecule has 0 aliphatic carbocycles. The molecule has 0 bridgehead atoms. The van der Waals surface area contributed by atoms with Gasteiger partial charge in [0.25, 0.3) is 11.7 Å². The number of alkyl carbamates (subject to hydrolysis) is 1. The lowest BCUT2D eigenvalue weighted by atomic mass is 10.0. The van der Waals surface area contributed by atoms with Crippen LogP contribution in [-0.4, -0.2) is 69.2 Å². The number of aldehydes is 1. The van der Waals surface area contributed by atoms with Gasteiger partial charge in [-0.15, -0.1) is 0 Å². The second-order valence-electron chi connectivity index (χ2n) is 9.96. The lowest BCUT2D eigenvalue weighted by Crippen LogP contribution is -2.47. The van der Waals surface area contributed by atoms with Gasteiger partial charge in [0.2, 0.25) is 0 Å². The van der Waals surface area contributed by atoms with E-state index in [1.165, 1.54) is 32.4 Å². The lowest BCUT2D eigenvalue weighted by molar-refractivity contribution is -0.205. The van der Waals surface area contributed by atoms with Gasteiger partial charge in [0, 0.05) is 40.2 Å². The fourth-order valence-corrected chi connectivity index (χ4v) is 3.33. The molecule has 1 aromatic rings. The molecular formula is C26H40N2O9. The van der Waals surface area contributed by atoms with Gasteiger partial charge in [-0.3, -0.25) is 4.79 Å². The minimum Gasteiger partial charge on any atom is -0.456 e. The van der Waals surface area contributed by atoms with Crippen LogP contribution in [0, 0.1) is 0 Å². The van der Waals surface area contributed by atoms with E-state index in [2.05, 4.69) is 10.6 Å². The molecule has 0 fully saturated rings. The molecule has 0 aromatic heterocycles. The Balaban J connectivity index is 3.18. The van der Waals surface area contributed by atoms with Crippen LogP contribution in [0.2, 0.25) is 0 Å². The smallest absolute Gasteiger partial charge is 0.407 e. The number of esters is 1. The van der Waals surface area contributed by atoms with Crippen LogP contribution in [0.15, 0.2) is 18.2 Å². The van der Waals surface area contributed by atoms with Gasteiger partial charge in [-0.1, -0.05) is 0 Å². The van der Waals surface area contributed by atoms with Crippen LogP contribution in [0.1, 0.15) is 69.8 Å².